The van der Waals surface area contributed by atoms with Crippen molar-refractivity contribution in [1.82, 2.24) is 24.1 Å². The van der Waals surface area contributed by atoms with E-state index in [1.807, 2.05) is 42.1 Å². The summed E-state index contributed by atoms with van der Waals surface area (Å²) >= 11 is 12.6. The van der Waals surface area contributed by atoms with Crippen LogP contribution in [0.2, 0.25) is 5.02 Å². The van der Waals surface area contributed by atoms with Crippen molar-refractivity contribution in [3.8, 4) is 17.3 Å². The lowest BCUT2D eigenvalue weighted by atomic mass is 10.1. The van der Waals surface area contributed by atoms with Crippen molar-refractivity contribution >= 4 is 34.2 Å². The largest absolute Gasteiger partial charge is 0.341 e. The Balaban J connectivity index is 0.000000421. The molecule has 7 nitrogen and oxygen atoms in total. The molecule has 0 amide bonds. The summed E-state index contributed by atoms with van der Waals surface area (Å²) in [7, 11) is 3.62. The monoisotopic (exact) mass is 502 g/mol. The quantitative estimate of drug-likeness (QED) is 0.313. The Kier molecular flexibility index (Phi) is 7.25. The first-order valence-corrected chi connectivity index (χ1v) is 11.4. The number of pyridine rings is 3. The molecule has 0 N–H and O–H groups in total. The lowest BCUT2D eigenvalue weighted by Gasteiger charge is -2.14. The minimum atomic E-state index is -0.486. The summed E-state index contributed by atoms with van der Waals surface area (Å²) in [6.45, 7) is 0. The summed E-state index contributed by atoms with van der Waals surface area (Å²) in [5.41, 5.74) is 3.88. The molecule has 1 atom stereocenters. The number of hydrogen-bond donors (Lipinski definition) is 0. The van der Waals surface area contributed by atoms with Gasteiger partial charge in [0.25, 0.3) is 5.56 Å². The van der Waals surface area contributed by atoms with Gasteiger partial charge in [-0.1, -0.05) is 29.8 Å². The Bertz CT molecular complexity index is 1570. The van der Waals surface area contributed by atoms with E-state index in [2.05, 4.69) is 9.97 Å². The minimum absolute atomic E-state index is 0.189. The number of aryl methyl sites for hydroxylation is 2. The molecule has 1 unspecified atom stereocenters. The molecule has 0 saturated heterocycles. The van der Waals surface area contributed by atoms with E-state index in [0.717, 1.165) is 5.56 Å². The van der Waals surface area contributed by atoms with E-state index in [0.29, 0.717) is 33.0 Å². The van der Waals surface area contributed by atoms with E-state index in [1.165, 1.54) is 10.6 Å². The summed E-state index contributed by atoms with van der Waals surface area (Å²) in [6, 6.07) is 19.5. The van der Waals surface area contributed by atoms with Gasteiger partial charge in [-0.05, 0) is 42.0 Å². The molecule has 0 aliphatic heterocycles. The van der Waals surface area contributed by atoms with Crippen LogP contribution in [0.1, 0.15) is 22.3 Å². The maximum atomic E-state index is 12.5. The lowest BCUT2D eigenvalue weighted by molar-refractivity contribution is 0.900. The van der Waals surface area contributed by atoms with Gasteiger partial charge in [0.15, 0.2) is 0 Å². The van der Waals surface area contributed by atoms with E-state index in [9.17, 15) is 4.79 Å². The summed E-state index contributed by atoms with van der Waals surface area (Å²) in [5, 5.41) is 9.31. The van der Waals surface area contributed by atoms with E-state index in [-0.39, 0.29) is 11.3 Å². The number of fused-ring (bicyclic) bond motifs is 1. The van der Waals surface area contributed by atoms with Crippen LogP contribution in [0.3, 0.4) is 0 Å². The molecule has 5 aromatic rings. The number of aromatic nitrogens is 5. The van der Waals surface area contributed by atoms with Crippen molar-refractivity contribution in [3.63, 3.8) is 0 Å². The smallest absolute Gasteiger partial charge is 0.251 e. The molecule has 4 heterocycles. The molecule has 174 valence electrons. The molecule has 5 rings (SSSR count). The van der Waals surface area contributed by atoms with Crippen LogP contribution < -0.4 is 5.56 Å². The number of halogens is 2. The number of imidazole rings is 1. The van der Waals surface area contributed by atoms with Crippen molar-refractivity contribution < 1.29 is 0 Å². The fraction of sp³-hybridized carbons (Fsp3) is 0.115. The SMILES string of the molecule is Cn1c(=O)cc(-c2cccc(C#N)n2)c2nc(C(Cl)c3ccc(Cl)cc3)ccc21.Cn1ccnc1. The Morgan fingerprint density at radius 2 is 1.80 bits per heavy atom. The highest BCUT2D eigenvalue weighted by Crippen LogP contribution is 2.31. The highest BCUT2D eigenvalue weighted by Gasteiger charge is 2.17. The normalized spacial score (nSPS) is 11.4. The fourth-order valence-electron chi connectivity index (χ4n) is 3.45. The van der Waals surface area contributed by atoms with Gasteiger partial charge < -0.3 is 9.13 Å². The Hall–Kier alpha value is -3.99. The first-order chi connectivity index (χ1) is 16.9. The third kappa shape index (κ3) is 5.40. The summed E-state index contributed by atoms with van der Waals surface area (Å²) in [6.07, 6.45) is 5.39. The maximum absolute atomic E-state index is 12.5. The maximum Gasteiger partial charge on any atom is 0.251 e. The summed E-state index contributed by atoms with van der Waals surface area (Å²) in [4.78, 5) is 25.3. The van der Waals surface area contributed by atoms with E-state index in [4.69, 9.17) is 33.4 Å². The molecule has 1 aromatic carbocycles. The second kappa shape index (κ2) is 10.5. The molecule has 0 aliphatic rings. The van der Waals surface area contributed by atoms with E-state index >= 15 is 0 Å². The molecule has 35 heavy (non-hydrogen) atoms. The average molecular weight is 503 g/mol. The summed E-state index contributed by atoms with van der Waals surface area (Å²) in [5.74, 6) is 0. The van der Waals surface area contributed by atoms with Gasteiger partial charge in [-0.3, -0.25) is 4.79 Å². The van der Waals surface area contributed by atoms with Crippen LogP contribution in [0.15, 0.2) is 84.2 Å². The third-order valence-corrected chi connectivity index (χ3v) is 6.04. The molecule has 4 aromatic heterocycles. The fourth-order valence-corrected chi connectivity index (χ4v) is 3.85. The van der Waals surface area contributed by atoms with Crippen LogP contribution in [0, 0.1) is 11.3 Å². The van der Waals surface area contributed by atoms with Gasteiger partial charge in [0.05, 0.1) is 28.7 Å². The zero-order valence-corrected chi connectivity index (χ0v) is 20.4. The number of nitrogens with zero attached hydrogens (tertiary/aromatic N) is 6. The number of rotatable bonds is 3. The lowest BCUT2D eigenvalue weighted by Crippen LogP contribution is -2.17. The van der Waals surface area contributed by atoms with E-state index in [1.54, 1.807) is 56.0 Å². The van der Waals surface area contributed by atoms with Crippen LogP contribution in [0.5, 0.6) is 0 Å². The number of nitriles is 1. The van der Waals surface area contributed by atoms with Crippen molar-refractivity contribution in [3.05, 3.63) is 112 Å². The molecule has 9 heteroatoms. The zero-order valence-electron chi connectivity index (χ0n) is 18.9. The van der Waals surface area contributed by atoms with Gasteiger partial charge in [0.2, 0.25) is 0 Å². The van der Waals surface area contributed by atoms with Crippen LogP contribution in [0.4, 0.5) is 0 Å². The third-order valence-electron chi connectivity index (χ3n) is 5.31. The first kappa shape index (κ1) is 24.1. The predicted molar refractivity (Wildman–Crippen MR) is 137 cm³/mol. The Morgan fingerprint density at radius 3 is 2.43 bits per heavy atom. The van der Waals surface area contributed by atoms with Gasteiger partial charge in [0.1, 0.15) is 17.1 Å². The molecule has 0 saturated carbocycles. The minimum Gasteiger partial charge on any atom is -0.341 e. The number of benzene rings is 1. The Labute approximate surface area is 211 Å². The van der Waals surface area contributed by atoms with Gasteiger partial charge in [-0.15, -0.1) is 11.6 Å². The van der Waals surface area contributed by atoms with Crippen molar-refractivity contribution in [2.75, 3.05) is 0 Å². The highest BCUT2D eigenvalue weighted by atomic mass is 35.5. The molecular formula is C26H20Cl2N6O. The Morgan fingerprint density at radius 1 is 1.03 bits per heavy atom. The van der Waals surface area contributed by atoms with Crippen molar-refractivity contribution in [1.29, 1.82) is 5.26 Å². The molecule has 0 radical (unpaired) electrons. The predicted octanol–water partition coefficient (Wildman–Crippen LogP) is 5.27. The first-order valence-electron chi connectivity index (χ1n) is 10.6. The van der Waals surface area contributed by atoms with Crippen LogP contribution in [-0.4, -0.2) is 24.1 Å². The molecule has 0 spiro atoms. The molecule has 0 aliphatic carbocycles. The van der Waals surface area contributed by atoms with Crippen LogP contribution in [0.25, 0.3) is 22.3 Å². The van der Waals surface area contributed by atoms with Crippen LogP contribution in [-0.2, 0) is 14.1 Å². The number of alkyl halides is 1. The van der Waals surface area contributed by atoms with Crippen LogP contribution >= 0.6 is 23.2 Å². The standard InChI is InChI=1S/C22H14Cl2N4O.C4H6N2/c1-28-19-10-9-18(21(24)13-5-7-14(23)8-6-13)27-22(19)16(11-20(28)29)17-4-2-3-15(12-25)26-17;1-6-3-2-5-4-6/h2-11,21H,1H3;2-4H,1H3. The van der Waals surface area contributed by atoms with Gasteiger partial charge in [-0.25, -0.2) is 15.0 Å². The van der Waals surface area contributed by atoms with Crippen molar-refractivity contribution in [2.24, 2.45) is 14.1 Å². The molecule has 0 fully saturated rings. The second-order valence-electron chi connectivity index (χ2n) is 7.72. The highest BCUT2D eigenvalue weighted by molar-refractivity contribution is 6.30. The zero-order chi connectivity index (χ0) is 24.9. The molecular weight excluding hydrogens is 483 g/mol. The van der Waals surface area contributed by atoms with Gasteiger partial charge in [-0.2, -0.15) is 5.26 Å². The number of hydrogen-bond acceptors (Lipinski definition) is 5. The topological polar surface area (TPSA) is 89.4 Å². The molecule has 0 bridgehead atoms. The van der Waals surface area contributed by atoms with Gasteiger partial charge >= 0.3 is 0 Å². The van der Waals surface area contributed by atoms with E-state index < -0.39 is 5.38 Å². The average Bonchev–Trinajstić information content (AvgIpc) is 3.37. The van der Waals surface area contributed by atoms with Crippen molar-refractivity contribution in [2.45, 2.75) is 5.38 Å². The summed E-state index contributed by atoms with van der Waals surface area (Å²) < 4.78 is 3.41. The van der Waals surface area contributed by atoms with Gasteiger partial charge in [0, 0.05) is 43.1 Å². The second-order valence-corrected chi connectivity index (χ2v) is 8.59.